The van der Waals surface area contributed by atoms with E-state index in [9.17, 15) is 25.6 Å². The van der Waals surface area contributed by atoms with Crippen LogP contribution in [0.3, 0.4) is 0 Å². The van der Waals surface area contributed by atoms with Gasteiger partial charge in [0.1, 0.15) is 0 Å². The van der Waals surface area contributed by atoms with Gasteiger partial charge in [0.05, 0.1) is 18.1 Å². The number of hydrogen-bond donors (Lipinski definition) is 2. The van der Waals surface area contributed by atoms with Crippen LogP contribution in [0.1, 0.15) is 25.0 Å². The largest absolute Gasteiger partial charge is 0.286 e. The minimum Gasteiger partial charge on any atom is -0.215 e. The first-order chi connectivity index (χ1) is 13.8. The summed E-state index contributed by atoms with van der Waals surface area (Å²) in [4.78, 5) is 0. The van der Waals surface area contributed by atoms with E-state index in [-0.39, 0.29) is 5.56 Å². The molecule has 166 valence electrons. The lowest BCUT2D eigenvalue weighted by Crippen LogP contribution is -2.38. The van der Waals surface area contributed by atoms with Crippen molar-refractivity contribution in [3.05, 3.63) is 59.7 Å². The highest BCUT2D eigenvalue weighted by Gasteiger charge is 2.33. The Morgan fingerprint density at radius 1 is 0.867 bits per heavy atom. The number of benzene rings is 2. The average Bonchev–Trinajstić information content (AvgIpc) is 2.66. The van der Waals surface area contributed by atoms with E-state index in [0.29, 0.717) is 13.0 Å². The van der Waals surface area contributed by atoms with Gasteiger partial charge in [-0.25, -0.2) is 26.3 Å². The van der Waals surface area contributed by atoms with Crippen molar-refractivity contribution in [2.75, 3.05) is 19.3 Å². The number of alkyl halides is 2. The van der Waals surface area contributed by atoms with E-state index < -0.39 is 37.8 Å². The summed E-state index contributed by atoms with van der Waals surface area (Å²) in [5, 5.41) is -0.791. The highest BCUT2D eigenvalue weighted by Crippen LogP contribution is 2.30. The molecule has 0 aliphatic carbocycles. The molecule has 0 saturated carbocycles. The molecule has 0 atom stereocenters. The fourth-order valence-electron chi connectivity index (χ4n) is 2.61. The van der Waals surface area contributed by atoms with Crippen molar-refractivity contribution < 1.29 is 25.6 Å². The molecule has 0 heterocycles. The molecular formula is C20H26F2N2O4S2. The molecule has 0 bridgehead atoms. The molecular weight excluding hydrogens is 434 g/mol. The van der Waals surface area contributed by atoms with Crippen LogP contribution in [-0.2, 0) is 32.4 Å². The Labute approximate surface area is 176 Å². The van der Waals surface area contributed by atoms with Gasteiger partial charge in [-0.1, -0.05) is 48.5 Å². The van der Waals surface area contributed by atoms with Gasteiger partial charge < -0.3 is 0 Å². The fraction of sp³-hybridized carbons (Fsp3) is 0.400. The Balaban J connectivity index is 2.04. The number of hydrogen-bond acceptors (Lipinski definition) is 4. The maximum absolute atomic E-state index is 14.4. The maximum Gasteiger partial charge on any atom is 0.286 e. The van der Waals surface area contributed by atoms with E-state index >= 15 is 0 Å². The van der Waals surface area contributed by atoms with Crippen LogP contribution in [0.15, 0.2) is 48.5 Å². The Hall–Kier alpha value is -1.88. The van der Waals surface area contributed by atoms with Crippen LogP contribution >= 0.6 is 0 Å². The van der Waals surface area contributed by atoms with Crippen LogP contribution in [0, 0.1) is 0 Å². The number of halogens is 2. The summed E-state index contributed by atoms with van der Waals surface area (Å²) in [7, 11) is -7.01. The SMILES string of the molecule is CC(C)S(=O)(=O)NCC(F)(F)c1ccc(-c2ccc(CCNS(C)(=O)=O)cc2)cc1. The first-order valence-electron chi connectivity index (χ1n) is 9.31. The minimum atomic E-state index is -3.78. The standard InChI is InChI=1S/C20H26F2N2O4S2/c1-15(2)30(27,28)24-14-20(21,22)19-10-8-18(9-11-19)17-6-4-16(5-7-17)12-13-23-29(3,25)26/h4-11,15,23-24H,12-14H2,1-3H3. The van der Waals surface area contributed by atoms with Crippen LogP contribution < -0.4 is 9.44 Å². The first-order valence-corrected chi connectivity index (χ1v) is 12.7. The molecule has 2 N–H and O–H groups in total. The van der Waals surface area contributed by atoms with Crippen molar-refractivity contribution in [1.82, 2.24) is 9.44 Å². The predicted octanol–water partition coefficient (Wildman–Crippen LogP) is 2.86. The molecule has 10 heteroatoms. The minimum absolute atomic E-state index is 0.277. The van der Waals surface area contributed by atoms with Gasteiger partial charge in [0.25, 0.3) is 5.92 Å². The van der Waals surface area contributed by atoms with Gasteiger partial charge in [0.2, 0.25) is 20.0 Å². The van der Waals surface area contributed by atoms with Gasteiger partial charge >= 0.3 is 0 Å². The average molecular weight is 461 g/mol. The lowest BCUT2D eigenvalue weighted by atomic mass is 10.00. The van der Waals surface area contributed by atoms with Crippen LogP contribution in [-0.4, -0.2) is 41.4 Å². The van der Waals surface area contributed by atoms with E-state index in [1.165, 1.54) is 26.0 Å². The van der Waals surface area contributed by atoms with E-state index in [4.69, 9.17) is 0 Å². The molecule has 0 saturated heterocycles. The van der Waals surface area contributed by atoms with Crippen molar-refractivity contribution in [2.24, 2.45) is 0 Å². The van der Waals surface area contributed by atoms with E-state index in [2.05, 4.69) is 4.72 Å². The van der Waals surface area contributed by atoms with Gasteiger partial charge in [0.15, 0.2) is 0 Å². The normalized spacial score (nSPS) is 13.0. The van der Waals surface area contributed by atoms with Crippen LogP contribution in [0.25, 0.3) is 11.1 Å². The predicted molar refractivity (Wildman–Crippen MR) is 114 cm³/mol. The molecule has 0 fully saturated rings. The summed E-state index contributed by atoms with van der Waals surface area (Å²) in [5.41, 5.74) is 2.22. The van der Waals surface area contributed by atoms with Crippen molar-refractivity contribution in [1.29, 1.82) is 0 Å². The molecule has 0 aliphatic rings. The van der Waals surface area contributed by atoms with Crippen molar-refractivity contribution in [3.63, 3.8) is 0 Å². The molecule has 2 aromatic carbocycles. The van der Waals surface area contributed by atoms with Gasteiger partial charge in [-0.15, -0.1) is 0 Å². The van der Waals surface area contributed by atoms with Crippen LogP contribution in [0.2, 0.25) is 0 Å². The molecule has 30 heavy (non-hydrogen) atoms. The summed E-state index contributed by atoms with van der Waals surface area (Å²) in [6, 6.07) is 13.0. The van der Waals surface area contributed by atoms with E-state index in [0.717, 1.165) is 22.9 Å². The topological polar surface area (TPSA) is 92.3 Å². The molecule has 0 radical (unpaired) electrons. The summed E-state index contributed by atoms with van der Waals surface area (Å²) in [5.74, 6) is -3.34. The Morgan fingerprint density at radius 3 is 1.83 bits per heavy atom. The molecule has 0 spiro atoms. The first kappa shape index (κ1) is 24.4. The van der Waals surface area contributed by atoms with Crippen LogP contribution in [0.5, 0.6) is 0 Å². The molecule has 2 rings (SSSR count). The van der Waals surface area contributed by atoms with E-state index in [1.54, 1.807) is 12.1 Å². The van der Waals surface area contributed by atoms with Crippen LogP contribution in [0.4, 0.5) is 8.78 Å². The third-order valence-corrected chi connectivity index (χ3v) is 7.00. The number of nitrogens with one attached hydrogen (secondary N) is 2. The second kappa shape index (κ2) is 9.51. The Morgan fingerprint density at radius 2 is 1.37 bits per heavy atom. The molecule has 2 aromatic rings. The number of rotatable bonds is 10. The third-order valence-electron chi connectivity index (χ3n) is 4.49. The quantitative estimate of drug-likeness (QED) is 0.570. The lowest BCUT2D eigenvalue weighted by Gasteiger charge is -2.19. The summed E-state index contributed by atoms with van der Waals surface area (Å²) >= 11 is 0. The fourth-order valence-corrected chi connectivity index (χ4v) is 3.80. The number of sulfonamides is 2. The second-order valence-electron chi connectivity index (χ2n) is 7.31. The van der Waals surface area contributed by atoms with Crippen molar-refractivity contribution in [2.45, 2.75) is 31.4 Å². The smallest absolute Gasteiger partial charge is 0.215 e. The highest BCUT2D eigenvalue weighted by atomic mass is 32.2. The lowest BCUT2D eigenvalue weighted by molar-refractivity contribution is 0.00207. The Kier molecular flexibility index (Phi) is 7.73. The molecule has 0 aliphatic heterocycles. The summed E-state index contributed by atoms with van der Waals surface area (Å²) in [6.45, 7) is 2.14. The highest BCUT2D eigenvalue weighted by molar-refractivity contribution is 7.90. The monoisotopic (exact) mass is 460 g/mol. The summed E-state index contributed by atoms with van der Waals surface area (Å²) in [6.07, 6.45) is 1.63. The van der Waals surface area contributed by atoms with Gasteiger partial charge in [-0.05, 0) is 37.0 Å². The zero-order valence-corrected chi connectivity index (χ0v) is 18.7. The molecule has 6 nitrogen and oxygen atoms in total. The second-order valence-corrected chi connectivity index (χ2v) is 11.5. The Bertz CT molecular complexity index is 1050. The maximum atomic E-state index is 14.4. The third kappa shape index (κ3) is 7.12. The van der Waals surface area contributed by atoms with E-state index in [1.807, 2.05) is 29.0 Å². The zero-order chi connectivity index (χ0) is 22.6. The van der Waals surface area contributed by atoms with Crippen molar-refractivity contribution in [3.8, 4) is 11.1 Å². The zero-order valence-electron chi connectivity index (χ0n) is 17.0. The molecule has 0 unspecified atom stereocenters. The van der Waals surface area contributed by atoms with Gasteiger partial charge in [-0.2, -0.15) is 8.78 Å². The summed E-state index contributed by atoms with van der Waals surface area (Å²) < 4.78 is 78.7. The van der Waals surface area contributed by atoms with Crippen molar-refractivity contribution >= 4 is 20.0 Å². The van der Waals surface area contributed by atoms with Gasteiger partial charge in [-0.3, -0.25) is 0 Å². The van der Waals surface area contributed by atoms with Gasteiger partial charge in [0, 0.05) is 12.1 Å². The molecule has 0 aromatic heterocycles. The molecule has 0 amide bonds.